The van der Waals surface area contributed by atoms with Crippen LogP contribution in [0.3, 0.4) is 0 Å². The first-order chi connectivity index (χ1) is 8.74. The molecule has 0 heterocycles. The smallest absolute Gasteiger partial charge is 0.335 e. The molecule has 0 aliphatic carbocycles. The summed E-state index contributed by atoms with van der Waals surface area (Å²) in [4.78, 5) is 10.7. The van der Waals surface area contributed by atoms with Crippen molar-refractivity contribution < 1.29 is 18.3 Å². The molecule has 1 aromatic carbocycles. The predicted molar refractivity (Wildman–Crippen MR) is 72.1 cm³/mol. The number of aromatic carboxylic acids is 1. The molecule has 0 atom stereocenters. The van der Waals surface area contributed by atoms with Crippen molar-refractivity contribution in [2.45, 2.75) is 26.4 Å². The van der Waals surface area contributed by atoms with E-state index in [1.54, 1.807) is 26.0 Å². The summed E-state index contributed by atoms with van der Waals surface area (Å²) >= 11 is 0. The van der Waals surface area contributed by atoms with Gasteiger partial charge in [-0.1, -0.05) is 12.1 Å². The molecule has 0 fully saturated rings. The maximum atomic E-state index is 11.8. The van der Waals surface area contributed by atoms with Gasteiger partial charge in [0.2, 0.25) is 0 Å². The Labute approximate surface area is 113 Å². The molecule has 0 amide bonds. The quantitative estimate of drug-likeness (QED) is 0.818. The highest BCUT2D eigenvalue weighted by molar-refractivity contribution is 7.87. The van der Waals surface area contributed by atoms with E-state index in [4.69, 9.17) is 5.11 Å². The molecule has 0 aromatic heterocycles. The lowest BCUT2D eigenvalue weighted by Gasteiger charge is -2.21. The molecule has 106 valence electrons. The maximum Gasteiger partial charge on any atom is 0.335 e. The zero-order valence-corrected chi connectivity index (χ0v) is 11.9. The van der Waals surface area contributed by atoms with Crippen LogP contribution in [0.2, 0.25) is 0 Å². The van der Waals surface area contributed by atoms with Gasteiger partial charge in [0.15, 0.2) is 0 Å². The summed E-state index contributed by atoms with van der Waals surface area (Å²) in [6, 6.07) is 5.92. The number of carboxylic acid groups (broad SMARTS) is 1. The second kappa shape index (κ2) is 6.14. The number of benzene rings is 1. The van der Waals surface area contributed by atoms with Gasteiger partial charge in [0.25, 0.3) is 10.2 Å². The molecule has 1 rings (SSSR count). The molecular weight excluding hydrogens is 268 g/mol. The number of nitrogens with zero attached hydrogens (tertiary/aromatic N) is 1. The molecule has 0 radical (unpaired) electrons. The van der Waals surface area contributed by atoms with E-state index in [9.17, 15) is 13.2 Å². The third kappa shape index (κ3) is 4.30. The Balaban J connectivity index is 2.69. The SMILES string of the molecule is CC(C)N(C)S(=O)(=O)NCc1ccc(C(=O)O)cc1. The molecule has 6 nitrogen and oxygen atoms in total. The zero-order chi connectivity index (χ0) is 14.6. The van der Waals surface area contributed by atoms with Crippen LogP contribution in [0, 0.1) is 0 Å². The Hall–Kier alpha value is -1.44. The Morgan fingerprint density at radius 1 is 1.32 bits per heavy atom. The largest absolute Gasteiger partial charge is 0.478 e. The minimum Gasteiger partial charge on any atom is -0.478 e. The van der Waals surface area contributed by atoms with Crippen molar-refractivity contribution in [3.8, 4) is 0 Å². The van der Waals surface area contributed by atoms with Gasteiger partial charge in [-0.3, -0.25) is 0 Å². The van der Waals surface area contributed by atoms with Crippen molar-refractivity contribution in [3.63, 3.8) is 0 Å². The fourth-order valence-corrected chi connectivity index (χ4v) is 2.43. The number of carboxylic acids is 1. The van der Waals surface area contributed by atoms with Gasteiger partial charge in [0.05, 0.1) is 5.56 Å². The van der Waals surface area contributed by atoms with Gasteiger partial charge in [-0.15, -0.1) is 0 Å². The van der Waals surface area contributed by atoms with Gasteiger partial charge in [0, 0.05) is 19.6 Å². The molecule has 0 saturated heterocycles. The molecule has 0 unspecified atom stereocenters. The van der Waals surface area contributed by atoms with Crippen LogP contribution in [0.5, 0.6) is 0 Å². The van der Waals surface area contributed by atoms with Crippen molar-refractivity contribution in [1.82, 2.24) is 9.03 Å². The first-order valence-corrected chi connectivity index (χ1v) is 7.23. The standard InChI is InChI=1S/C12H18N2O4S/c1-9(2)14(3)19(17,18)13-8-10-4-6-11(7-5-10)12(15)16/h4-7,9,13H,8H2,1-3H3,(H,15,16). The number of carbonyl (C=O) groups is 1. The van der Waals surface area contributed by atoms with Gasteiger partial charge < -0.3 is 5.11 Å². The molecule has 0 spiro atoms. The van der Waals surface area contributed by atoms with Crippen LogP contribution in [0.1, 0.15) is 29.8 Å². The van der Waals surface area contributed by atoms with Crippen molar-refractivity contribution in [1.29, 1.82) is 0 Å². The molecule has 1 aromatic rings. The predicted octanol–water partition coefficient (Wildman–Crippen LogP) is 1.06. The minimum absolute atomic E-state index is 0.124. The highest BCUT2D eigenvalue weighted by atomic mass is 32.2. The number of hydrogen-bond donors (Lipinski definition) is 2. The van der Waals surface area contributed by atoms with Crippen LogP contribution in [0.15, 0.2) is 24.3 Å². The van der Waals surface area contributed by atoms with Gasteiger partial charge in [-0.25, -0.2) is 4.79 Å². The molecule has 19 heavy (non-hydrogen) atoms. The summed E-state index contributed by atoms with van der Waals surface area (Å²) < 4.78 is 27.4. The van der Waals surface area contributed by atoms with E-state index < -0.39 is 16.2 Å². The second-order valence-corrected chi connectivity index (χ2v) is 6.25. The van der Waals surface area contributed by atoms with Crippen molar-refractivity contribution in [2.24, 2.45) is 0 Å². The summed E-state index contributed by atoms with van der Waals surface area (Å²) in [6.07, 6.45) is 0. The van der Waals surface area contributed by atoms with Crippen LogP contribution >= 0.6 is 0 Å². The van der Waals surface area contributed by atoms with E-state index in [2.05, 4.69) is 4.72 Å². The van der Waals surface area contributed by atoms with E-state index in [0.717, 1.165) is 0 Å². The van der Waals surface area contributed by atoms with E-state index in [0.29, 0.717) is 5.56 Å². The third-order valence-corrected chi connectivity index (χ3v) is 4.45. The number of hydrogen-bond acceptors (Lipinski definition) is 3. The minimum atomic E-state index is -3.52. The molecule has 0 saturated carbocycles. The van der Waals surface area contributed by atoms with Gasteiger partial charge in [0.1, 0.15) is 0 Å². The molecule has 0 bridgehead atoms. The topological polar surface area (TPSA) is 86.7 Å². The Morgan fingerprint density at radius 2 is 1.84 bits per heavy atom. The third-order valence-electron chi connectivity index (χ3n) is 2.77. The fraction of sp³-hybridized carbons (Fsp3) is 0.417. The lowest BCUT2D eigenvalue weighted by atomic mass is 10.1. The van der Waals surface area contributed by atoms with Crippen molar-refractivity contribution >= 4 is 16.2 Å². The van der Waals surface area contributed by atoms with Gasteiger partial charge in [-0.05, 0) is 31.5 Å². The molecule has 0 aliphatic heterocycles. The Bertz CT molecular complexity index is 537. The van der Waals surface area contributed by atoms with Crippen LogP contribution in [0.25, 0.3) is 0 Å². The zero-order valence-electron chi connectivity index (χ0n) is 11.1. The van der Waals surface area contributed by atoms with Crippen molar-refractivity contribution in [2.75, 3.05) is 7.05 Å². The monoisotopic (exact) mass is 286 g/mol. The Morgan fingerprint density at radius 3 is 2.26 bits per heavy atom. The van der Waals surface area contributed by atoms with Gasteiger partial charge >= 0.3 is 5.97 Å². The van der Waals surface area contributed by atoms with Gasteiger partial charge in [-0.2, -0.15) is 17.4 Å². The number of nitrogens with one attached hydrogen (secondary N) is 1. The van der Waals surface area contributed by atoms with Crippen LogP contribution < -0.4 is 4.72 Å². The van der Waals surface area contributed by atoms with E-state index >= 15 is 0 Å². The average molecular weight is 286 g/mol. The normalized spacial score (nSPS) is 12.1. The lowest BCUT2D eigenvalue weighted by molar-refractivity contribution is 0.0697. The molecule has 0 aliphatic rings. The summed E-state index contributed by atoms with van der Waals surface area (Å²) in [7, 11) is -2.02. The average Bonchev–Trinajstić information content (AvgIpc) is 2.35. The van der Waals surface area contributed by atoms with Crippen LogP contribution in [-0.2, 0) is 16.8 Å². The number of rotatable bonds is 6. The highest BCUT2D eigenvalue weighted by Crippen LogP contribution is 2.06. The Kier molecular flexibility index (Phi) is 5.04. The van der Waals surface area contributed by atoms with Crippen LogP contribution in [0.4, 0.5) is 0 Å². The maximum absolute atomic E-state index is 11.8. The molecule has 2 N–H and O–H groups in total. The highest BCUT2D eigenvalue weighted by Gasteiger charge is 2.19. The molecule has 7 heteroatoms. The second-order valence-electron chi connectivity index (χ2n) is 4.44. The van der Waals surface area contributed by atoms with E-state index in [1.807, 2.05) is 0 Å². The lowest BCUT2D eigenvalue weighted by Crippen LogP contribution is -2.41. The van der Waals surface area contributed by atoms with E-state index in [-0.39, 0.29) is 18.2 Å². The summed E-state index contributed by atoms with van der Waals surface area (Å²) in [5.74, 6) is -1.01. The summed E-state index contributed by atoms with van der Waals surface area (Å²) in [5.41, 5.74) is 0.872. The molecular formula is C12H18N2O4S. The summed E-state index contributed by atoms with van der Waals surface area (Å²) in [6.45, 7) is 3.68. The van der Waals surface area contributed by atoms with Crippen LogP contribution in [-0.4, -0.2) is 36.9 Å². The van der Waals surface area contributed by atoms with E-state index in [1.165, 1.54) is 23.5 Å². The fourth-order valence-electron chi connectivity index (χ4n) is 1.32. The summed E-state index contributed by atoms with van der Waals surface area (Å²) in [5, 5.41) is 8.75. The first-order valence-electron chi connectivity index (χ1n) is 5.79. The first kappa shape index (κ1) is 15.6. The van der Waals surface area contributed by atoms with Crippen molar-refractivity contribution in [3.05, 3.63) is 35.4 Å².